The number of amides is 1. The maximum atomic E-state index is 13.3. The van der Waals surface area contributed by atoms with Crippen molar-refractivity contribution in [2.45, 2.75) is 25.3 Å². The Balaban J connectivity index is 2.01. The largest absolute Gasteiger partial charge is 0.352 e. The maximum Gasteiger partial charge on any atom is 0.268 e. The molecule has 0 saturated heterocycles. The number of halogens is 1. The Morgan fingerprint density at radius 1 is 1.38 bits per heavy atom. The first-order valence-corrected chi connectivity index (χ1v) is 8.54. The van der Waals surface area contributed by atoms with Gasteiger partial charge in [0.1, 0.15) is 16.9 Å². The standard InChI is InChI=1S/C17H19FN4OS/c1-10(2)21-16(23)14-15(11-4-6-12(18)7-5-11)24-17(22(14)3)13-8-19-9-20-13/h4-10,17H,1-3H3,(H,19,20)(H,21,23). The molecule has 2 aromatic rings. The van der Waals surface area contributed by atoms with Crippen molar-refractivity contribution >= 4 is 22.6 Å². The van der Waals surface area contributed by atoms with Crippen LogP contribution in [0.25, 0.3) is 4.91 Å². The molecule has 1 unspecified atom stereocenters. The number of carbonyl (C=O) groups excluding carboxylic acids is 1. The average molecular weight is 346 g/mol. The lowest BCUT2D eigenvalue weighted by Gasteiger charge is -2.23. The lowest BCUT2D eigenvalue weighted by molar-refractivity contribution is -0.119. The molecular weight excluding hydrogens is 327 g/mol. The van der Waals surface area contributed by atoms with Gasteiger partial charge in [-0.15, -0.1) is 0 Å². The van der Waals surface area contributed by atoms with Crippen LogP contribution >= 0.6 is 11.8 Å². The first kappa shape index (κ1) is 16.6. The predicted molar refractivity (Wildman–Crippen MR) is 93.3 cm³/mol. The second kappa shape index (κ2) is 6.68. The zero-order valence-electron chi connectivity index (χ0n) is 13.7. The molecule has 1 amide bonds. The maximum absolute atomic E-state index is 13.3. The van der Waals surface area contributed by atoms with Crippen molar-refractivity contribution in [1.29, 1.82) is 0 Å². The summed E-state index contributed by atoms with van der Waals surface area (Å²) in [5, 5.41) is 2.86. The van der Waals surface area contributed by atoms with Gasteiger partial charge in [-0.3, -0.25) is 4.79 Å². The fraction of sp³-hybridized carbons (Fsp3) is 0.294. The second-order valence-electron chi connectivity index (χ2n) is 5.90. The molecule has 1 aliphatic rings. The minimum atomic E-state index is -0.297. The van der Waals surface area contributed by atoms with Crippen molar-refractivity contribution in [2.24, 2.45) is 0 Å². The molecule has 7 heteroatoms. The Morgan fingerprint density at radius 2 is 2.08 bits per heavy atom. The minimum Gasteiger partial charge on any atom is -0.352 e. The molecule has 0 saturated carbocycles. The number of thioether (sulfide) groups is 1. The van der Waals surface area contributed by atoms with Crippen LogP contribution in [0, 0.1) is 5.82 Å². The quantitative estimate of drug-likeness (QED) is 0.893. The number of nitrogens with zero attached hydrogens (tertiary/aromatic N) is 2. The first-order chi connectivity index (χ1) is 11.5. The summed E-state index contributed by atoms with van der Waals surface area (Å²) < 4.78 is 13.3. The van der Waals surface area contributed by atoms with Crippen LogP contribution in [0.4, 0.5) is 4.39 Å². The van der Waals surface area contributed by atoms with Crippen LogP contribution in [-0.2, 0) is 4.79 Å². The van der Waals surface area contributed by atoms with Crippen molar-refractivity contribution < 1.29 is 9.18 Å². The van der Waals surface area contributed by atoms with Gasteiger partial charge < -0.3 is 15.2 Å². The summed E-state index contributed by atoms with van der Waals surface area (Å²) in [5.74, 6) is -0.435. The normalized spacial score (nSPS) is 17.7. The van der Waals surface area contributed by atoms with Gasteiger partial charge in [-0.2, -0.15) is 0 Å². The number of nitrogens with one attached hydrogen (secondary N) is 2. The number of rotatable bonds is 4. The summed E-state index contributed by atoms with van der Waals surface area (Å²) in [4.78, 5) is 22.6. The van der Waals surface area contributed by atoms with Gasteiger partial charge in [-0.1, -0.05) is 23.9 Å². The highest BCUT2D eigenvalue weighted by molar-refractivity contribution is 8.08. The lowest BCUT2D eigenvalue weighted by Crippen LogP contribution is -2.36. The van der Waals surface area contributed by atoms with E-state index < -0.39 is 0 Å². The van der Waals surface area contributed by atoms with Crippen molar-refractivity contribution in [3.63, 3.8) is 0 Å². The number of hydrogen-bond acceptors (Lipinski definition) is 4. The van der Waals surface area contributed by atoms with E-state index in [9.17, 15) is 9.18 Å². The molecule has 0 aliphatic carbocycles. The van der Waals surface area contributed by atoms with Gasteiger partial charge in [0.05, 0.1) is 18.2 Å². The van der Waals surface area contributed by atoms with Crippen LogP contribution in [0.3, 0.4) is 0 Å². The van der Waals surface area contributed by atoms with Gasteiger partial charge >= 0.3 is 0 Å². The fourth-order valence-electron chi connectivity index (χ4n) is 2.60. The summed E-state index contributed by atoms with van der Waals surface area (Å²) in [6.45, 7) is 3.84. The van der Waals surface area contributed by atoms with E-state index in [4.69, 9.17) is 0 Å². The highest BCUT2D eigenvalue weighted by Crippen LogP contribution is 2.50. The molecule has 1 aromatic carbocycles. The summed E-state index contributed by atoms with van der Waals surface area (Å²) in [5.41, 5.74) is 2.32. The molecule has 2 heterocycles. The molecule has 0 radical (unpaired) electrons. The number of hydrogen-bond donors (Lipinski definition) is 2. The number of likely N-dealkylation sites (N-methyl/N-ethyl adjacent to an activating group) is 1. The molecule has 5 nitrogen and oxygen atoms in total. The van der Waals surface area contributed by atoms with Gasteiger partial charge in [-0.25, -0.2) is 9.37 Å². The van der Waals surface area contributed by atoms with Crippen LogP contribution in [-0.4, -0.2) is 33.9 Å². The van der Waals surface area contributed by atoms with E-state index in [1.54, 1.807) is 36.4 Å². The van der Waals surface area contributed by atoms with E-state index in [1.165, 1.54) is 12.1 Å². The Hall–Kier alpha value is -2.28. The molecule has 0 fully saturated rings. The van der Waals surface area contributed by atoms with Gasteiger partial charge in [-0.05, 0) is 31.5 Å². The second-order valence-corrected chi connectivity index (χ2v) is 6.99. The molecule has 3 rings (SSSR count). The third-order valence-corrected chi connectivity index (χ3v) is 5.13. The summed E-state index contributed by atoms with van der Waals surface area (Å²) in [7, 11) is 1.88. The number of imidazole rings is 1. The van der Waals surface area contributed by atoms with E-state index in [2.05, 4.69) is 15.3 Å². The van der Waals surface area contributed by atoms with Gasteiger partial charge in [0, 0.05) is 18.0 Å². The molecular formula is C17H19FN4OS. The van der Waals surface area contributed by atoms with Gasteiger partial charge in [0.15, 0.2) is 0 Å². The van der Waals surface area contributed by atoms with Crippen LogP contribution in [0.15, 0.2) is 42.5 Å². The Labute approximate surface area is 144 Å². The van der Waals surface area contributed by atoms with E-state index in [0.717, 1.165) is 16.2 Å². The van der Waals surface area contributed by atoms with Gasteiger partial charge in [0.25, 0.3) is 5.91 Å². The predicted octanol–water partition coefficient (Wildman–Crippen LogP) is 3.12. The number of aromatic nitrogens is 2. The number of aromatic amines is 1. The van der Waals surface area contributed by atoms with Crippen molar-refractivity contribution in [3.8, 4) is 0 Å². The van der Waals surface area contributed by atoms with Crippen LogP contribution in [0.5, 0.6) is 0 Å². The van der Waals surface area contributed by atoms with E-state index >= 15 is 0 Å². The lowest BCUT2D eigenvalue weighted by atomic mass is 10.1. The molecule has 1 aromatic heterocycles. The molecule has 1 atom stereocenters. The average Bonchev–Trinajstić information content (AvgIpc) is 3.14. The third-order valence-electron chi connectivity index (χ3n) is 3.68. The molecule has 0 spiro atoms. The third kappa shape index (κ3) is 3.17. The molecule has 126 valence electrons. The SMILES string of the molecule is CC(C)NC(=O)C1=C(c2ccc(F)cc2)SC(c2cnc[nH]2)N1C. The minimum absolute atomic E-state index is 0.0315. The number of carbonyl (C=O) groups is 1. The highest BCUT2D eigenvalue weighted by atomic mass is 32.2. The topological polar surface area (TPSA) is 61.0 Å². The smallest absolute Gasteiger partial charge is 0.268 e. The highest BCUT2D eigenvalue weighted by Gasteiger charge is 2.36. The Kier molecular flexibility index (Phi) is 4.62. The van der Waals surface area contributed by atoms with Crippen LogP contribution in [0.1, 0.15) is 30.5 Å². The monoisotopic (exact) mass is 346 g/mol. The van der Waals surface area contributed by atoms with E-state index in [0.29, 0.717) is 5.70 Å². The Bertz CT molecular complexity index is 755. The fourth-order valence-corrected chi connectivity index (χ4v) is 3.96. The summed E-state index contributed by atoms with van der Waals surface area (Å²) in [6.07, 6.45) is 3.37. The van der Waals surface area contributed by atoms with Crippen LogP contribution < -0.4 is 5.32 Å². The number of H-pyrrole nitrogens is 1. The molecule has 24 heavy (non-hydrogen) atoms. The molecule has 2 N–H and O–H groups in total. The van der Waals surface area contributed by atoms with E-state index in [1.807, 2.05) is 25.8 Å². The number of benzene rings is 1. The van der Waals surface area contributed by atoms with Crippen molar-refractivity contribution in [2.75, 3.05) is 7.05 Å². The van der Waals surface area contributed by atoms with E-state index in [-0.39, 0.29) is 23.1 Å². The zero-order valence-corrected chi connectivity index (χ0v) is 14.5. The zero-order chi connectivity index (χ0) is 17.3. The van der Waals surface area contributed by atoms with Gasteiger partial charge in [0.2, 0.25) is 0 Å². The molecule has 1 aliphatic heterocycles. The first-order valence-electron chi connectivity index (χ1n) is 7.66. The van der Waals surface area contributed by atoms with Crippen LogP contribution in [0.2, 0.25) is 0 Å². The molecule has 0 bridgehead atoms. The summed E-state index contributed by atoms with van der Waals surface area (Å²) >= 11 is 1.55. The summed E-state index contributed by atoms with van der Waals surface area (Å²) in [6, 6.07) is 6.24. The Morgan fingerprint density at radius 3 is 2.67 bits per heavy atom. The van der Waals surface area contributed by atoms with Crippen molar-refractivity contribution in [3.05, 3.63) is 59.6 Å². The van der Waals surface area contributed by atoms with Crippen molar-refractivity contribution in [1.82, 2.24) is 20.2 Å².